The fraction of sp³-hybridized carbons (Fsp3) is 0.682. The molecule has 2 aliphatic carbocycles. The predicted octanol–water partition coefficient (Wildman–Crippen LogP) is -0.201. The quantitative estimate of drug-likeness (QED) is 0.294. The summed E-state index contributed by atoms with van der Waals surface area (Å²) in [5.74, 6) is -7.53. The number of fused-ring (bicyclic) bond motifs is 2. The summed E-state index contributed by atoms with van der Waals surface area (Å²) in [6, 6.07) is 0. The molecule has 10 atom stereocenters. The molecule has 4 saturated heterocycles. The molecular formula is C22H22O11. The number of hydrogen-bond donors (Lipinski definition) is 0. The lowest BCUT2D eigenvalue weighted by molar-refractivity contribution is -0.227. The Balaban J connectivity index is 1.18. The molecule has 4 aliphatic heterocycles. The molecule has 0 amide bonds. The zero-order valence-electron chi connectivity index (χ0n) is 17.7. The number of ether oxygens (including phenoxy) is 6. The smallest absolute Gasteiger partial charge is 0.344 e. The Kier molecular flexibility index (Phi) is 4.24. The zero-order valence-corrected chi connectivity index (χ0v) is 17.7. The van der Waals surface area contributed by atoms with E-state index in [2.05, 4.69) is 6.58 Å². The molecule has 6 fully saturated rings. The van der Waals surface area contributed by atoms with Gasteiger partial charge in [-0.1, -0.05) is 6.58 Å². The summed E-state index contributed by atoms with van der Waals surface area (Å²) < 4.78 is 32.7. The molecule has 0 radical (unpaired) electrons. The van der Waals surface area contributed by atoms with Gasteiger partial charge in [0.2, 0.25) is 0 Å². The second kappa shape index (κ2) is 6.78. The molecule has 6 aliphatic rings. The van der Waals surface area contributed by atoms with Crippen molar-refractivity contribution in [1.29, 1.82) is 0 Å². The Morgan fingerprint density at radius 1 is 1.15 bits per heavy atom. The van der Waals surface area contributed by atoms with E-state index in [9.17, 15) is 24.0 Å². The van der Waals surface area contributed by atoms with Crippen LogP contribution in [-0.2, 0) is 52.4 Å². The Labute approximate surface area is 187 Å². The van der Waals surface area contributed by atoms with Crippen LogP contribution in [0.5, 0.6) is 0 Å². The minimum atomic E-state index is -1.46. The topological polar surface area (TPSA) is 141 Å². The summed E-state index contributed by atoms with van der Waals surface area (Å²) in [6.45, 7) is 4.26. The van der Waals surface area contributed by atoms with Crippen LogP contribution in [0.15, 0.2) is 12.2 Å². The van der Waals surface area contributed by atoms with E-state index in [4.69, 9.17) is 28.4 Å². The first-order valence-corrected chi connectivity index (χ1v) is 11.0. The maximum absolute atomic E-state index is 13.3. The van der Waals surface area contributed by atoms with Crippen molar-refractivity contribution in [3.05, 3.63) is 12.2 Å². The Bertz CT molecular complexity index is 1000. The van der Waals surface area contributed by atoms with Crippen molar-refractivity contribution in [2.24, 2.45) is 29.6 Å². The van der Waals surface area contributed by atoms with Crippen LogP contribution in [0.2, 0.25) is 0 Å². The lowest BCUT2D eigenvalue weighted by atomic mass is 9.78. The largest absolute Gasteiger partial charge is 0.458 e. The van der Waals surface area contributed by atoms with Gasteiger partial charge in [0.05, 0.1) is 30.3 Å². The third-order valence-corrected chi connectivity index (χ3v) is 7.77. The first kappa shape index (κ1) is 20.6. The molecule has 4 heterocycles. The SMILES string of the molecule is C=C(C)C(=O)OCC(=O)OC1C2CC3C1OC(=O)C3C2C(=O)OC12CC3CC(C(=O)O1)C2O3. The fourth-order valence-electron chi connectivity index (χ4n) is 6.57. The lowest BCUT2D eigenvalue weighted by Gasteiger charge is -2.33. The third kappa shape index (κ3) is 2.81. The third-order valence-electron chi connectivity index (χ3n) is 7.77. The Morgan fingerprint density at radius 2 is 1.94 bits per heavy atom. The summed E-state index contributed by atoms with van der Waals surface area (Å²) in [5, 5.41) is 0. The standard InChI is InChI=1S/C22H22O11/c1-7(2)18(24)28-6-12(23)30-15-10-4-9-13(20(26)31-16(9)15)14(10)21(27)33-22-5-8-3-11(17(22)29-8)19(25)32-22/h8-11,13-17H,1,3-6H2,2H3. The van der Waals surface area contributed by atoms with Crippen LogP contribution >= 0.6 is 0 Å². The van der Waals surface area contributed by atoms with E-state index >= 15 is 0 Å². The summed E-state index contributed by atoms with van der Waals surface area (Å²) in [4.78, 5) is 61.8. The summed E-state index contributed by atoms with van der Waals surface area (Å²) in [6.07, 6.45) is -1.12. The molecule has 0 N–H and O–H groups in total. The van der Waals surface area contributed by atoms with E-state index in [-0.39, 0.29) is 24.0 Å². The van der Waals surface area contributed by atoms with Crippen LogP contribution in [-0.4, -0.2) is 66.7 Å². The molecule has 0 spiro atoms. The van der Waals surface area contributed by atoms with Gasteiger partial charge in [0, 0.05) is 17.4 Å². The van der Waals surface area contributed by atoms with Crippen LogP contribution < -0.4 is 0 Å². The van der Waals surface area contributed by atoms with Gasteiger partial charge in [0.1, 0.15) is 18.3 Å². The van der Waals surface area contributed by atoms with Gasteiger partial charge < -0.3 is 28.4 Å². The van der Waals surface area contributed by atoms with Crippen LogP contribution in [0.25, 0.3) is 0 Å². The fourth-order valence-corrected chi connectivity index (χ4v) is 6.57. The molecule has 6 rings (SSSR count). The Morgan fingerprint density at radius 3 is 2.67 bits per heavy atom. The molecule has 10 unspecified atom stereocenters. The maximum atomic E-state index is 13.3. The summed E-state index contributed by atoms with van der Waals surface area (Å²) in [5.41, 5.74) is 0.136. The van der Waals surface area contributed by atoms with Crippen LogP contribution in [0.3, 0.4) is 0 Å². The lowest BCUT2D eigenvalue weighted by Crippen LogP contribution is -2.49. The highest BCUT2D eigenvalue weighted by Crippen LogP contribution is 2.60. The van der Waals surface area contributed by atoms with Gasteiger partial charge >= 0.3 is 29.8 Å². The van der Waals surface area contributed by atoms with Crippen molar-refractivity contribution in [3.8, 4) is 0 Å². The van der Waals surface area contributed by atoms with E-state index in [1.165, 1.54) is 6.92 Å². The highest BCUT2D eigenvalue weighted by Gasteiger charge is 2.73. The number of hydrogen-bond acceptors (Lipinski definition) is 11. The van der Waals surface area contributed by atoms with Gasteiger partial charge in [0.25, 0.3) is 5.79 Å². The molecule has 33 heavy (non-hydrogen) atoms. The summed E-state index contributed by atoms with van der Waals surface area (Å²) >= 11 is 0. The minimum absolute atomic E-state index is 0.136. The Hall–Kier alpha value is -2.95. The van der Waals surface area contributed by atoms with E-state index in [1.807, 2.05) is 0 Å². The summed E-state index contributed by atoms with van der Waals surface area (Å²) in [7, 11) is 0. The molecule has 0 aromatic carbocycles. The van der Waals surface area contributed by atoms with Crippen molar-refractivity contribution in [2.75, 3.05) is 6.61 Å². The second-order valence-corrected chi connectivity index (χ2v) is 9.71. The first-order chi connectivity index (χ1) is 15.7. The van der Waals surface area contributed by atoms with E-state index in [0.29, 0.717) is 12.8 Å². The molecule has 4 bridgehead atoms. The maximum Gasteiger partial charge on any atom is 0.344 e. The molecule has 0 aromatic rings. The molecule has 176 valence electrons. The van der Waals surface area contributed by atoms with Crippen LogP contribution in [0, 0.1) is 29.6 Å². The van der Waals surface area contributed by atoms with Crippen molar-refractivity contribution in [1.82, 2.24) is 0 Å². The predicted molar refractivity (Wildman–Crippen MR) is 100 cm³/mol. The van der Waals surface area contributed by atoms with Gasteiger partial charge in [-0.25, -0.2) is 9.59 Å². The van der Waals surface area contributed by atoms with Crippen LogP contribution in [0.4, 0.5) is 0 Å². The normalized spacial score (nSPS) is 45.1. The van der Waals surface area contributed by atoms with Gasteiger partial charge in [-0.2, -0.15) is 0 Å². The van der Waals surface area contributed by atoms with Crippen molar-refractivity contribution in [3.63, 3.8) is 0 Å². The van der Waals surface area contributed by atoms with Crippen molar-refractivity contribution in [2.45, 2.75) is 56.4 Å². The van der Waals surface area contributed by atoms with Gasteiger partial charge in [-0.15, -0.1) is 0 Å². The number of esters is 5. The monoisotopic (exact) mass is 462 g/mol. The van der Waals surface area contributed by atoms with Crippen LogP contribution in [0.1, 0.15) is 26.2 Å². The molecular weight excluding hydrogens is 440 g/mol. The highest BCUT2D eigenvalue weighted by molar-refractivity contribution is 5.89. The zero-order chi connectivity index (χ0) is 23.2. The average Bonchev–Trinajstić information content (AvgIpc) is 3.53. The number of carbonyl (C=O) groups excluding carboxylic acids is 5. The van der Waals surface area contributed by atoms with E-state index in [0.717, 1.165) is 0 Å². The molecule has 11 nitrogen and oxygen atoms in total. The van der Waals surface area contributed by atoms with Crippen molar-refractivity contribution < 1.29 is 52.4 Å². The second-order valence-electron chi connectivity index (χ2n) is 9.71. The van der Waals surface area contributed by atoms with Gasteiger partial charge in [0.15, 0.2) is 6.61 Å². The van der Waals surface area contributed by atoms with E-state index < -0.39 is 84.2 Å². The van der Waals surface area contributed by atoms with E-state index in [1.54, 1.807) is 0 Å². The first-order valence-electron chi connectivity index (χ1n) is 11.0. The number of rotatable bonds is 6. The minimum Gasteiger partial charge on any atom is -0.458 e. The van der Waals surface area contributed by atoms with Gasteiger partial charge in [-0.05, 0) is 19.8 Å². The van der Waals surface area contributed by atoms with Gasteiger partial charge in [-0.3, -0.25) is 14.4 Å². The average molecular weight is 462 g/mol. The number of carbonyl (C=O) groups is 5. The molecule has 11 heteroatoms. The highest BCUT2D eigenvalue weighted by atomic mass is 16.8. The van der Waals surface area contributed by atoms with Crippen molar-refractivity contribution >= 4 is 29.8 Å². The molecule has 2 saturated carbocycles. The molecule has 0 aromatic heterocycles.